The molecule has 25 heavy (non-hydrogen) atoms. The Balaban J connectivity index is 1.85. The van der Waals surface area contributed by atoms with E-state index in [0.717, 1.165) is 12.8 Å². The molecule has 0 aliphatic carbocycles. The highest BCUT2D eigenvalue weighted by Gasteiger charge is 2.29. The zero-order chi connectivity index (χ0) is 18.2. The van der Waals surface area contributed by atoms with E-state index in [4.69, 9.17) is 34.7 Å². The lowest BCUT2D eigenvalue weighted by molar-refractivity contribution is 0.0675. The van der Waals surface area contributed by atoms with Gasteiger partial charge in [-0.3, -0.25) is 4.79 Å². The molecule has 0 saturated carbocycles. The molecule has 1 amide bonds. The molecule has 3 rings (SSSR count). The zero-order valence-electron chi connectivity index (χ0n) is 13.8. The Morgan fingerprint density at radius 3 is 2.60 bits per heavy atom. The molecule has 0 radical (unpaired) electrons. The maximum Gasteiger partial charge on any atom is 0.274 e. The summed E-state index contributed by atoms with van der Waals surface area (Å²) in [5.41, 5.74) is 13.1. The number of likely N-dealkylation sites (tertiary alicyclic amines) is 1. The number of rotatable bonds is 2. The summed E-state index contributed by atoms with van der Waals surface area (Å²) in [4.78, 5) is 22.9. The number of hydrogen-bond donors (Lipinski definition) is 2. The van der Waals surface area contributed by atoms with Gasteiger partial charge >= 0.3 is 0 Å². The van der Waals surface area contributed by atoms with Gasteiger partial charge in [0.25, 0.3) is 5.91 Å². The molecule has 1 aliphatic rings. The van der Waals surface area contributed by atoms with Gasteiger partial charge in [-0.25, -0.2) is 9.97 Å². The van der Waals surface area contributed by atoms with Gasteiger partial charge in [0, 0.05) is 24.2 Å². The van der Waals surface area contributed by atoms with E-state index in [1.54, 1.807) is 23.1 Å². The Labute approximate surface area is 156 Å². The van der Waals surface area contributed by atoms with E-state index in [0.29, 0.717) is 34.4 Å². The average Bonchev–Trinajstić information content (AvgIpc) is 2.57. The highest BCUT2D eigenvalue weighted by Crippen LogP contribution is 2.34. The van der Waals surface area contributed by atoms with Crippen LogP contribution in [0.5, 0.6) is 0 Å². The van der Waals surface area contributed by atoms with Crippen molar-refractivity contribution in [1.29, 1.82) is 0 Å². The Morgan fingerprint density at radius 1 is 1.28 bits per heavy atom. The number of anilines is 1. The quantitative estimate of drug-likeness (QED) is 0.835. The van der Waals surface area contributed by atoms with Crippen LogP contribution in [0.25, 0.3) is 11.3 Å². The minimum Gasteiger partial charge on any atom is -0.382 e. The lowest BCUT2D eigenvalue weighted by Gasteiger charge is -2.36. The summed E-state index contributed by atoms with van der Waals surface area (Å²) in [5.74, 6) is -0.0610. The third-order valence-electron chi connectivity index (χ3n) is 4.42. The van der Waals surface area contributed by atoms with E-state index in [2.05, 4.69) is 9.97 Å². The van der Waals surface area contributed by atoms with Gasteiger partial charge in [0.1, 0.15) is 11.4 Å². The van der Waals surface area contributed by atoms with Gasteiger partial charge in [-0.1, -0.05) is 35.3 Å². The predicted molar refractivity (Wildman–Crippen MR) is 99.6 cm³/mol. The third-order valence-corrected chi connectivity index (χ3v) is 5.24. The fourth-order valence-corrected chi connectivity index (χ4v) is 3.17. The molecule has 8 heteroatoms. The summed E-state index contributed by atoms with van der Waals surface area (Å²) in [6.07, 6.45) is 2.91. The predicted octanol–water partition coefficient (Wildman–Crippen LogP) is 2.99. The number of carbonyl (C=O) groups excluding carboxylic acids is 1. The molecule has 1 aliphatic heterocycles. The Kier molecular flexibility index (Phi) is 4.86. The molecule has 4 N–H and O–H groups in total. The standard InChI is InChI=1S/C17H19Cl2N5O/c1-17(21)5-7-24(8-6-17)16(25)12-9-22-14(15(20)23-12)10-3-2-4-11(18)13(10)19/h2-4,9H,5-8,21H2,1H3,(H2,20,23). The Morgan fingerprint density at radius 2 is 1.96 bits per heavy atom. The van der Waals surface area contributed by atoms with Crippen molar-refractivity contribution in [1.82, 2.24) is 14.9 Å². The second-order valence-electron chi connectivity index (χ2n) is 6.54. The van der Waals surface area contributed by atoms with Crippen LogP contribution in [-0.2, 0) is 0 Å². The molecule has 2 heterocycles. The maximum absolute atomic E-state index is 12.6. The van der Waals surface area contributed by atoms with Crippen LogP contribution in [0.2, 0.25) is 10.0 Å². The summed E-state index contributed by atoms with van der Waals surface area (Å²) >= 11 is 12.2. The largest absolute Gasteiger partial charge is 0.382 e. The topological polar surface area (TPSA) is 98.1 Å². The molecule has 0 bridgehead atoms. The van der Waals surface area contributed by atoms with Crippen LogP contribution < -0.4 is 11.5 Å². The first-order chi connectivity index (χ1) is 11.8. The third kappa shape index (κ3) is 3.71. The van der Waals surface area contributed by atoms with Crippen molar-refractivity contribution < 1.29 is 4.79 Å². The highest BCUT2D eigenvalue weighted by molar-refractivity contribution is 6.43. The van der Waals surface area contributed by atoms with Crippen LogP contribution in [0.3, 0.4) is 0 Å². The van der Waals surface area contributed by atoms with Gasteiger partial charge in [-0.15, -0.1) is 0 Å². The molecule has 0 atom stereocenters. The average molecular weight is 380 g/mol. The number of hydrogen-bond acceptors (Lipinski definition) is 5. The molecule has 1 aromatic carbocycles. The van der Waals surface area contributed by atoms with Gasteiger partial charge in [0.05, 0.1) is 16.2 Å². The SMILES string of the molecule is CC1(N)CCN(C(=O)c2cnc(-c3cccc(Cl)c3Cl)c(N)n2)CC1. The van der Waals surface area contributed by atoms with E-state index >= 15 is 0 Å². The maximum atomic E-state index is 12.6. The monoisotopic (exact) mass is 379 g/mol. The number of piperidine rings is 1. The van der Waals surface area contributed by atoms with Crippen LogP contribution >= 0.6 is 23.2 Å². The van der Waals surface area contributed by atoms with Crippen molar-refractivity contribution in [2.45, 2.75) is 25.3 Å². The smallest absolute Gasteiger partial charge is 0.274 e. The number of aromatic nitrogens is 2. The van der Waals surface area contributed by atoms with Gasteiger partial charge in [0.15, 0.2) is 5.82 Å². The lowest BCUT2D eigenvalue weighted by atomic mass is 9.91. The number of nitrogens with two attached hydrogens (primary N) is 2. The molecule has 0 spiro atoms. The highest BCUT2D eigenvalue weighted by atomic mass is 35.5. The number of benzene rings is 1. The van der Waals surface area contributed by atoms with E-state index in [-0.39, 0.29) is 23.0 Å². The zero-order valence-corrected chi connectivity index (χ0v) is 15.3. The number of halogens is 2. The first-order valence-corrected chi connectivity index (χ1v) is 8.69. The van der Waals surface area contributed by atoms with Crippen LogP contribution in [0.1, 0.15) is 30.3 Å². The minimum absolute atomic E-state index is 0.135. The van der Waals surface area contributed by atoms with Gasteiger partial charge in [-0.2, -0.15) is 0 Å². The van der Waals surface area contributed by atoms with Gasteiger partial charge in [-0.05, 0) is 25.8 Å². The van der Waals surface area contributed by atoms with Crippen LogP contribution in [0, 0.1) is 0 Å². The summed E-state index contributed by atoms with van der Waals surface area (Å²) in [7, 11) is 0. The van der Waals surface area contributed by atoms with Crippen molar-refractivity contribution in [3.05, 3.63) is 40.1 Å². The first kappa shape index (κ1) is 17.9. The number of amides is 1. The molecule has 0 unspecified atom stereocenters. The number of carbonyl (C=O) groups is 1. The lowest BCUT2D eigenvalue weighted by Crippen LogP contribution is -2.50. The Hall–Kier alpha value is -1.89. The fourth-order valence-electron chi connectivity index (χ4n) is 2.78. The molecule has 1 fully saturated rings. The molecule has 1 aromatic heterocycles. The molecule has 2 aromatic rings. The van der Waals surface area contributed by atoms with E-state index < -0.39 is 0 Å². The van der Waals surface area contributed by atoms with Crippen molar-refractivity contribution in [2.75, 3.05) is 18.8 Å². The first-order valence-electron chi connectivity index (χ1n) is 7.93. The van der Waals surface area contributed by atoms with Crippen LogP contribution in [0.4, 0.5) is 5.82 Å². The molecular weight excluding hydrogens is 361 g/mol. The second kappa shape index (κ2) is 6.78. The molecule has 1 saturated heterocycles. The van der Waals surface area contributed by atoms with Crippen molar-refractivity contribution in [3.8, 4) is 11.3 Å². The number of nitrogens with zero attached hydrogens (tertiary/aromatic N) is 3. The van der Waals surface area contributed by atoms with Crippen LogP contribution in [0.15, 0.2) is 24.4 Å². The number of nitrogen functional groups attached to an aromatic ring is 1. The van der Waals surface area contributed by atoms with Crippen molar-refractivity contribution >= 4 is 34.9 Å². The fraction of sp³-hybridized carbons (Fsp3) is 0.353. The molecule has 132 valence electrons. The summed E-state index contributed by atoms with van der Waals surface area (Å²) in [5, 5.41) is 0.751. The van der Waals surface area contributed by atoms with Crippen LogP contribution in [-0.4, -0.2) is 39.4 Å². The van der Waals surface area contributed by atoms with E-state index in [1.165, 1.54) is 6.20 Å². The molecular formula is C17H19Cl2N5O. The summed E-state index contributed by atoms with van der Waals surface area (Å²) in [6, 6.07) is 5.18. The van der Waals surface area contributed by atoms with Gasteiger partial charge < -0.3 is 16.4 Å². The van der Waals surface area contributed by atoms with E-state index in [9.17, 15) is 4.79 Å². The summed E-state index contributed by atoms with van der Waals surface area (Å²) < 4.78 is 0. The normalized spacial score (nSPS) is 16.7. The Bertz CT molecular complexity index is 815. The van der Waals surface area contributed by atoms with Crippen molar-refractivity contribution in [2.24, 2.45) is 5.73 Å². The minimum atomic E-state index is -0.228. The van der Waals surface area contributed by atoms with Gasteiger partial charge in [0.2, 0.25) is 0 Å². The second-order valence-corrected chi connectivity index (χ2v) is 7.32. The molecule has 6 nitrogen and oxygen atoms in total. The van der Waals surface area contributed by atoms with E-state index in [1.807, 2.05) is 6.92 Å². The summed E-state index contributed by atoms with van der Waals surface area (Å²) in [6.45, 7) is 3.18. The van der Waals surface area contributed by atoms with Crippen molar-refractivity contribution in [3.63, 3.8) is 0 Å².